The Morgan fingerprint density at radius 3 is 2.92 bits per heavy atom. The van der Waals surface area contributed by atoms with Crippen molar-refractivity contribution < 1.29 is 9.26 Å². The van der Waals surface area contributed by atoms with Crippen molar-refractivity contribution in [3.05, 3.63) is 29.4 Å². The average Bonchev–Trinajstić information content (AvgIpc) is 3.21. The van der Waals surface area contributed by atoms with Crippen molar-refractivity contribution in [3.8, 4) is 6.01 Å². The van der Waals surface area contributed by atoms with E-state index in [9.17, 15) is 0 Å². The van der Waals surface area contributed by atoms with Gasteiger partial charge in [0.2, 0.25) is 0 Å². The molecule has 0 spiro atoms. The lowest BCUT2D eigenvalue weighted by atomic mass is 9.86. The first-order valence-electron chi connectivity index (χ1n) is 8.74. The van der Waals surface area contributed by atoms with Crippen LogP contribution >= 0.6 is 0 Å². The lowest BCUT2D eigenvalue weighted by molar-refractivity contribution is 0.262. The van der Waals surface area contributed by atoms with E-state index in [0.717, 1.165) is 17.9 Å². The van der Waals surface area contributed by atoms with Gasteiger partial charge >= 0.3 is 6.01 Å². The summed E-state index contributed by atoms with van der Waals surface area (Å²) < 4.78 is 12.4. The number of nitrogens with two attached hydrogens (primary N) is 1. The van der Waals surface area contributed by atoms with Crippen molar-refractivity contribution in [2.45, 2.75) is 52.1 Å². The van der Waals surface area contributed by atoms with Gasteiger partial charge in [-0.15, -0.1) is 5.10 Å². The molecule has 0 radical (unpaired) electrons. The summed E-state index contributed by atoms with van der Waals surface area (Å²) in [5.74, 6) is 1.74. The number of rotatable bonds is 5. The highest BCUT2D eigenvalue weighted by atomic mass is 16.5. The topological polar surface area (TPSA) is 104 Å². The van der Waals surface area contributed by atoms with Gasteiger partial charge < -0.3 is 15.0 Å². The molecule has 0 unspecified atom stereocenters. The molecule has 3 aromatic rings. The Morgan fingerprint density at radius 1 is 1.32 bits per heavy atom. The minimum atomic E-state index is 0.216. The van der Waals surface area contributed by atoms with E-state index in [-0.39, 0.29) is 12.6 Å². The fourth-order valence-corrected chi connectivity index (χ4v) is 3.44. The molecule has 132 valence electrons. The summed E-state index contributed by atoms with van der Waals surface area (Å²) in [5, 5.41) is 8.36. The SMILES string of the molecule is Cc1cc(COc2nc(N)c3ncc(CC4CCCCC4)n3n2)no1. The zero-order valence-corrected chi connectivity index (χ0v) is 14.3. The van der Waals surface area contributed by atoms with Gasteiger partial charge in [-0.3, -0.25) is 0 Å². The zero-order valence-electron chi connectivity index (χ0n) is 14.3. The van der Waals surface area contributed by atoms with Crippen LogP contribution in [0.5, 0.6) is 6.01 Å². The maximum Gasteiger partial charge on any atom is 0.336 e. The summed E-state index contributed by atoms with van der Waals surface area (Å²) in [6.07, 6.45) is 9.30. The summed E-state index contributed by atoms with van der Waals surface area (Å²) in [5.41, 5.74) is 8.35. The average molecular weight is 342 g/mol. The Morgan fingerprint density at radius 2 is 2.16 bits per heavy atom. The van der Waals surface area contributed by atoms with E-state index in [1.807, 2.05) is 19.2 Å². The van der Waals surface area contributed by atoms with E-state index in [0.29, 0.717) is 23.1 Å². The predicted molar refractivity (Wildman–Crippen MR) is 91.0 cm³/mol. The minimum absolute atomic E-state index is 0.216. The summed E-state index contributed by atoms with van der Waals surface area (Å²) in [7, 11) is 0. The van der Waals surface area contributed by atoms with Gasteiger partial charge in [0.1, 0.15) is 18.1 Å². The van der Waals surface area contributed by atoms with Crippen molar-refractivity contribution in [3.63, 3.8) is 0 Å². The molecule has 25 heavy (non-hydrogen) atoms. The lowest BCUT2D eigenvalue weighted by Crippen LogP contribution is -2.13. The number of nitrogens with zero attached hydrogens (tertiary/aromatic N) is 5. The van der Waals surface area contributed by atoms with Crippen LogP contribution in [0, 0.1) is 12.8 Å². The number of ether oxygens (including phenoxy) is 1. The van der Waals surface area contributed by atoms with E-state index in [1.54, 1.807) is 4.52 Å². The third-order valence-electron chi connectivity index (χ3n) is 4.69. The summed E-state index contributed by atoms with van der Waals surface area (Å²) in [6.45, 7) is 2.06. The third-order valence-corrected chi connectivity index (χ3v) is 4.69. The number of aromatic nitrogens is 5. The molecular weight excluding hydrogens is 320 g/mol. The van der Waals surface area contributed by atoms with Gasteiger partial charge in [0, 0.05) is 6.07 Å². The fraction of sp³-hybridized carbons (Fsp3) is 0.529. The van der Waals surface area contributed by atoms with E-state index >= 15 is 0 Å². The van der Waals surface area contributed by atoms with E-state index in [4.69, 9.17) is 15.0 Å². The molecule has 8 heteroatoms. The van der Waals surface area contributed by atoms with Crippen LogP contribution in [0.1, 0.15) is 49.3 Å². The molecule has 4 rings (SSSR count). The molecule has 2 N–H and O–H groups in total. The second kappa shape index (κ2) is 6.70. The number of aryl methyl sites for hydroxylation is 1. The highest BCUT2D eigenvalue weighted by Gasteiger charge is 2.18. The molecule has 3 heterocycles. The van der Waals surface area contributed by atoms with Gasteiger partial charge in [-0.05, 0) is 19.3 Å². The first kappa shape index (κ1) is 15.9. The lowest BCUT2D eigenvalue weighted by Gasteiger charge is -2.20. The Labute approximate surface area is 145 Å². The predicted octanol–water partition coefficient (Wildman–Crippen LogP) is 2.70. The summed E-state index contributed by atoms with van der Waals surface area (Å²) in [6, 6.07) is 2.03. The molecule has 3 aromatic heterocycles. The summed E-state index contributed by atoms with van der Waals surface area (Å²) in [4.78, 5) is 8.56. The fourth-order valence-electron chi connectivity index (χ4n) is 3.44. The second-order valence-corrected chi connectivity index (χ2v) is 6.69. The van der Waals surface area contributed by atoms with Gasteiger partial charge in [0.05, 0.1) is 11.9 Å². The monoisotopic (exact) mass is 342 g/mol. The highest BCUT2D eigenvalue weighted by Crippen LogP contribution is 2.27. The zero-order chi connectivity index (χ0) is 17.2. The molecule has 1 fully saturated rings. The minimum Gasteiger partial charge on any atom is -0.456 e. The Balaban J connectivity index is 1.55. The molecule has 0 aliphatic heterocycles. The highest BCUT2D eigenvalue weighted by molar-refractivity contribution is 5.59. The van der Waals surface area contributed by atoms with Crippen molar-refractivity contribution in [1.29, 1.82) is 0 Å². The van der Waals surface area contributed by atoms with Gasteiger partial charge in [0.25, 0.3) is 0 Å². The Kier molecular flexibility index (Phi) is 4.25. The van der Waals surface area contributed by atoms with Crippen LogP contribution in [-0.4, -0.2) is 24.7 Å². The van der Waals surface area contributed by atoms with Gasteiger partial charge in [-0.1, -0.05) is 37.3 Å². The molecule has 1 aliphatic carbocycles. The Bertz CT molecular complexity index is 865. The van der Waals surface area contributed by atoms with Crippen molar-refractivity contribution >= 4 is 11.5 Å². The van der Waals surface area contributed by atoms with Crippen molar-refractivity contribution in [1.82, 2.24) is 24.7 Å². The van der Waals surface area contributed by atoms with Gasteiger partial charge in [-0.2, -0.15) is 4.98 Å². The van der Waals surface area contributed by atoms with Crippen LogP contribution in [0.25, 0.3) is 5.65 Å². The molecule has 8 nitrogen and oxygen atoms in total. The van der Waals surface area contributed by atoms with Crippen molar-refractivity contribution in [2.75, 3.05) is 5.73 Å². The van der Waals surface area contributed by atoms with Crippen LogP contribution in [0.4, 0.5) is 5.82 Å². The van der Waals surface area contributed by atoms with Crippen molar-refractivity contribution in [2.24, 2.45) is 5.92 Å². The van der Waals surface area contributed by atoms with Crippen LogP contribution in [0.2, 0.25) is 0 Å². The molecular formula is C17H22N6O2. The molecule has 0 bridgehead atoms. The molecule has 0 saturated heterocycles. The van der Waals surface area contributed by atoms with Gasteiger partial charge in [-0.25, -0.2) is 9.50 Å². The van der Waals surface area contributed by atoms with Crippen LogP contribution in [0.3, 0.4) is 0 Å². The molecule has 0 atom stereocenters. The standard InChI is InChI=1S/C17H22N6O2/c1-11-7-13(22-25-11)10-24-17-20-15(18)16-19-9-14(23(16)21-17)8-12-5-3-2-4-6-12/h7,9,12H,2-6,8,10H2,1H3,(H2,18,20,21). The number of imidazole rings is 1. The smallest absolute Gasteiger partial charge is 0.336 e. The first-order chi connectivity index (χ1) is 12.2. The number of fused-ring (bicyclic) bond motifs is 1. The number of anilines is 1. The first-order valence-corrected chi connectivity index (χ1v) is 8.74. The largest absolute Gasteiger partial charge is 0.456 e. The normalized spacial score (nSPS) is 15.7. The molecule has 1 saturated carbocycles. The van der Waals surface area contributed by atoms with Crippen LogP contribution < -0.4 is 10.5 Å². The molecule has 0 aromatic carbocycles. The maximum atomic E-state index is 6.03. The quantitative estimate of drug-likeness (QED) is 0.760. The summed E-state index contributed by atoms with van der Waals surface area (Å²) >= 11 is 0. The number of nitrogen functional groups attached to an aromatic ring is 1. The second-order valence-electron chi connectivity index (χ2n) is 6.69. The number of hydrogen-bond donors (Lipinski definition) is 1. The maximum absolute atomic E-state index is 6.03. The molecule has 0 amide bonds. The van der Waals surface area contributed by atoms with E-state index in [2.05, 4.69) is 20.2 Å². The third kappa shape index (κ3) is 3.42. The van der Waals surface area contributed by atoms with E-state index in [1.165, 1.54) is 32.1 Å². The van der Waals surface area contributed by atoms with Gasteiger partial charge in [0.15, 0.2) is 11.5 Å². The Hall–Kier alpha value is -2.64. The van der Waals surface area contributed by atoms with Crippen LogP contribution in [0.15, 0.2) is 16.8 Å². The van der Waals surface area contributed by atoms with E-state index < -0.39 is 0 Å². The number of hydrogen-bond acceptors (Lipinski definition) is 7. The molecule has 1 aliphatic rings. The van der Waals surface area contributed by atoms with Crippen LogP contribution in [-0.2, 0) is 13.0 Å².